The van der Waals surface area contributed by atoms with Crippen molar-refractivity contribution in [1.82, 2.24) is 0 Å². The van der Waals surface area contributed by atoms with Gasteiger partial charge in [-0.15, -0.1) is 0 Å². The standard InChI is InChI=1S/C10H18O/c1-9-5-3-4-6-10(9,2)7-8-11/h8-9H,3-7H2,1-2H3. The quantitative estimate of drug-likeness (QED) is 0.559. The zero-order valence-electron chi connectivity index (χ0n) is 7.60. The van der Waals surface area contributed by atoms with Gasteiger partial charge >= 0.3 is 0 Å². The Balaban J connectivity index is 2.56. The molecule has 1 nitrogen and oxygen atoms in total. The van der Waals surface area contributed by atoms with Gasteiger partial charge in [0.05, 0.1) is 0 Å². The van der Waals surface area contributed by atoms with E-state index in [0.29, 0.717) is 5.41 Å². The molecule has 2 unspecified atom stereocenters. The Morgan fingerprint density at radius 3 is 2.82 bits per heavy atom. The van der Waals surface area contributed by atoms with Crippen LogP contribution in [0.3, 0.4) is 0 Å². The van der Waals surface area contributed by atoms with Gasteiger partial charge in [0.2, 0.25) is 0 Å². The second kappa shape index (κ2) is 3.38. The van der Waals surface area contributed by atoms with Gasteiger partial charge in [-0.2, -0.15) is 0 Å². The van der Waals surface area contributed by atoms with Crippen LogP contribution in [0.4, 0.5) is 0 Å². The van der Waals surface area contributed by atoms with Crippen molar-refractivity contribution in [2.24, 2.45) is 11.3 Å². The summed E-state index contributed by atoms with van der Waals surface area (Å²) in [6.07, 6.45) is 7.07. The number of carbonyl (C=O) groups excluding carboxylic acids is 1. The molecule has 1 heteroatoms. The van der Waals surface area contributed by atoms with E-state index in [1.54, 1.807) is 0 Å². The third-order valence-corrected chi connectivity index (χ3v) is 3.37. The summed E-state index contributed by atoms with van der Waals surface area (Å²) in [5.41, 5.74) is 0.319. The first kappa shape index (κ1) is 8.76. The van der Waals surface area contributed by atoms with Crippen LogP contribution >= 0.6 is 0 Å². The summed E-state index contributed by atoms with van der Waals surface area (Å²) in [4.78, 5) is 10.4. The van der Waals surface area contributed by atoms with Gasteiger partial charge in [0, 0.05) is 6.42 Å². The zero-order chi connectivity index (χ0) is 8.32. The summed E-state index contributed by atoms with van der Waals surface area (Å²) in [5, 5.41) is 0. The van der Waals surface area contributed by atoms with Gasteiger partial charge in [-0.3, -0.25) is 0 Å². The number of rotatable bonds is 2. The normalized spacial score (nSPS) is 38.5. The minimum Gasteiger partial charge on any atom is -0.303 e. The van der Waals surface area contributed by atoms with E-state index < -0.39 is 0 Å². The zero-order valence-corrected chi connectivity index (χ0v) is 7.60. The lowest BCUT2D eigenvalue weighted by atomic mass is 9.67. The van der Waals surface area contributed by atoms with Crippen molar-refractivity contribution in [3.63, 3.8) is 0 Å². The maximum absolute atomic E-state index is 10.4. The van der Waals surface area contributed by atoms with Crippen molar-refractivity contribution in [2.75, 3.05) is 0 Å². The lowest BCUT2D eigenvalue weighted by molar-refractivity contribution is -0.110. The van der Waals surface area contributed by atoms with Crippen LogP contribution in [0, 0.1) is 11.3 Å². The molecule has 0 aliphatic heterocycles. The summed E-state index contributed by atoms with van der Waals surface area (Å²) < 4.78 is 0. The predicted octanol–water partition coefficient (Wildman–Crippen LogP) is 2.79. The summed E-state index contributed by atoms with van der Waals surface area (Å²) in [6, 6.07) is 0. The number of hydrogen-bond donors (Lipinski definition) is 0. The predicted molar refractivity (Wildman–Crippen MR) is 46.4 cm³/mol. The molecular weight excluding hydrogens is 136 g/mol. The van der Waals surface area contributed by atoms with Crippen molar-refractivity contribution in [3.05, 3.63) is 0 Å². The number of carbonyl (C=O) groups is 1. The van der Waals surface area contributed by atoms with Crippen molar-refractivity contribution in [2.45, 2.75) is 46.0 Å². The van der Waals surface area contributed by atoms with Crippen molar-refractivity contribution in [1.29, 1.82) is 0 Å². The number of hydrogen-bond acceptors (Lipinski definition) is 1. The molecule has 0 aromatic heterocycles. The van der Waals surface area contributed by atoms with Gasteiger partial charge in [0.15, 0.2) is 0 Å². The Morgan fingerprint density at radius 1 is 1.55 bits per heavy atom. The lowest BCUT2D eigenvalue weighted by Gasteiger charge is -2.38. The molecule has 0 N–H and O–H groups in total. The highest BCUT2D eigenvalue weighted by molar-refractivity contribution is 5.50. The molecule has 0 aromatic rings. The average Bonchev–Trinajstić information content (AvgIpc) is 1.96. The first-order valence-corrected chi connectivity index (χ1v) is 4.63. The largest absolute Gasteiger partial charge is 0.303 e. The lowest BCUT2D eigenvalue weighted by Crippen LogP contribution is -2.29. The second-order valence-corrected chi connectivity index (χ2v) is 4.17. The fourth-order valence-corrected chi connectivity index (χ4v) is 2.07. The molecule has 0 heterocycles. The maximum atomic E-state index is 10.4. The molecule has 1 rings (SSSR count). The topological polar surface area (TPSA) is 17.1 Å². The van der Waals surface area contributed by atoms with Gasteiger partial charge in [0.25, 0.3) is 0 Å². The highest BCUT2D eigenvalue weighted by Crippen LogP contribution is 2.42. The molecule has 0 radical (unpaired) electrons. The van der Waals surface area contributed by atoms with Gasteiger partial charge < -0.3 is 4.79 Å². The van der Waals surface area contributed by atoms with E-state index in [0.717, 1.165) is 18.6 Å². The Hall–Kier alpha value is -0.330. The summed E-state index contributed by atoms with van der Waals surface area (Å²) in [5.74, 6) is 0.737. The minimum absolute atomic E-state index is 0.319. The van der Waals surface area contributed by atoms with Gasteiger partial charge in [-0.25, -0.2) is 0 Å². The van der Waals surface area contributed by atoms with Gasteiger partial charge in [0.1, 0.15) is 6.29 Å². The molecule has 64 valence electrons. The van der Waals surface area contributed by atoms with Crippen molar-refractivity contribution < 1.29 is 4.79 Å². The molecule has 0 spiro atoms. The van der Waals surface area contributed by atoms with Crippen LogP contribution < -0.4 is 0 Å². The van der Waals surface area contributed by atoms with Crippen LogP contribution in [0.15, 0.2) is 0 Å². The average molecular weight is 154 g/mol. The first-order chi connectivity index (χ1) is 5.19. The highest BCUT2D eigenvalue weighted by Gasteiger charge is 2.32. The van der Waals surface area contributed by atoms with E-state index >= 15 is 0 Å². The van der Waals surface area contributed by atoms with E-state index in [4.69, 9.17) is 0 Å². The SMILES string of the molecule is CC1CCCCC1(C)CC=O. The molecular formula is C10H18O. The molecule has 1 aliphatic carbocycles. The fourth-order valence-electron chi connectivity index (χ4n) is 2.07. The number of aldehydes is 1. The molecule has 0 amide bonds. The van der Waals surface area contributed by atoms with Crippen molar-refractivity contribution >= 4 is 6.29 Å². The van der Waals surface area contributed by atoms with Gasteiger partial charge in [-0.05, 0) is 17.8 Å². The minimum atomic E-state index is 0.319. The molecule has 0 bridgehead atoms. The smallest absolute Gasteiger partial charge is 0.120 e. The molecule has 1 aliphatic rings. The van der Waals surface area contributed by atoms with E-state index in [1.165, 1.54) is 25.7 Å². The highest BCUT2D eigenvalue weighted by atomic mass is 16.1. The molecule has 1 saturated carbocycles. The second-order valence-electron chi connectivity index (χ2n) is 4.17. The Bertz CT molecular complexity index is 142. The van der Waals surface area contributed by atoms with Crippen LogP contribution in [-0.2, 0) is 4.79 Å². The fraction of sp³-hybridized carbons (Fsp3) is 0.900. The third-order valence-electron chi connectivity index (χ3n) is 3.37. The molecule has 2 atom stereocenters. The van der Waals surface area contributed by atoms with Crippen LogP contribution in [0.25, 0.3) is 0 Å². The van der Waals surface area contributed by atoms with Crippen molar-refractivity contribution in [3.8, 4) is 0 Å². The summed E-state index contributed by atoms with van der Waals surface area (Å²) in [6.45, 7) is 4.54. The summed E-state index contributed by atoms with van der Waals surface area (Å²) >= 11 is 0. The van der Waals surface area contributed by atoms with E-state index in [1.807, 2.05) is 0 Å². The van der Waals surface area contributed by atoms with Crippen LogP contribution in [0.1, 0.15) is 46.0 Å². The van der Waals surface area contributed by atoms with Gasteiger partial charge in [-0.1, -0.05) is 33.1 Å². The van der Waals surface area contributed by atoms with Crippen LogP contribution in [0.5, 0.6) is 0 Å². The summed E-state index contributed by atoms with van der Waals surface area (Å²) in [7, 11) is 0. The molecule has 0 saturated heterocycles. The first-order valence-electron chi connectivity index (χ1n) is 4.63. The van der Waals surface area contributed by atoms with E-state index in [9.17, 15) is 4.79 Å². The maximum Gasteiger partial charge on any atom is 0.120 e. The Kier molecular flexibility index (Phi) is 2.69. The molecule has 1 fully saturated rings. The van der Waals surface area contributed by atoms with Crippen LogP contribution in [-0.4, -0.2) is 6.29 Å². The Morgan fingerprint density at radius 2 is 2.27 bits per heavy atom. The third kappa shape index (κ3) is 1.82. The van der Waals surface area contributed by atoms with Crippen LogP contribution in [0.2, 0.25) is 0 Å². The van der Waals surface area contributed by atoms with E-state index in [2.05, 4.69) is 13.8 Å². The monoisotopic (exact) mass is 154 g/mol. The molecule has 0 aromatic carbocycles. The molecule has 11 heavy (non-hydrogen) atoms. The van der Waals surface area contributed by atoms with E-state index in [-0.39, 0.29) is 0 Å². The Labute approximate surface area is 69.2 Å².